The van der Waals surface area contributed by atoms with Crippen LogP contribution in [0.1, 0.15) is 18.1 Å². The van der Waals surface area contributed by atoms with Gasteiger partial charge in [0.05, 0.1) is 18.8 Å². The molecule has 0 aliphatic rings. The maximum absolute atomic E-state index is 12.4. The topological polar surface area (TPSA) is 29.5 Å². The molecular formula is C11H13F3O2. The average molecular weight is 234 g/mol. The molecular weight excluding hydrogens is 221 g/mol. The maximum atomic E-state index is 12.4. The monoisotopic (exact) mass is 234 g/mol. The van der Waals surface area contributed by atoms with E-state index in [1.807, 2.05) is 0 Å². The summed E-state index contributed by atoms with van der Waals surface area (Å²) in [6, 6.07) is 3.26. The Morgan fingerprint density at radius 2 is 2.00 bits per heavy atom. The molecule has 16 heavy (non-hydrogen) atoms. The van der Waals surface area contributed by atoms with Crippen molar-refractivity contribution in [2.45, 2.75) is 25.6 Å². The normalized spacial score (nSPS) is 13.6. The van der Waals surface area contributed by atoms with Gasteiger partial charge in [0.25, 0.3) is 0 Å². The molecule has 2 nitrogen and oxygen atoms in total. The van der Waals surface area contributed by atoms with E-state index in [4.69, 9.17) is 4.74 Å². The third kappa shape index (κ3) is 3.13. The molecule has 5 heteroatoms. The first-order chi connectivity index (χ1) is 7.34. The van der Waals surface area contributed by atoms with E-state index < -0.39 is 17.8 Å². The summed E-state index contributed by atoms with van der Waals surface area (Å²) in [5, 5.41) is 9.18. The van der Waals surface area contributed by atoms with E-state index in [1.54, 1.807) is 6.92 Å². The van der Waals surface area contributed by atoms with Gasteiger partial charge in [-0.15, -0.1) is 0 Å². The van der Waals surface area contributed by atoms with Crippen molar-refractivity contribution in [1.29, 1.82) is 0 Å². The fourth-order valence-electron chi connectivity index (χ4n) is 1.41. The van der Waals surface area contributed by atoms with Gasteiger partial charge >= 0.3 is 6.18 Å². The number of aliphatic hydroxyl groups is 1. The molecule has 0 radical (unpaired) electrons. The Bertz CT molecular complexity index is 359. The molecule has 0 saturated heterocycles. The van der Waals surface area contributed by atoms with Crippen molar-refractivity contribution in [2.75, 3.05) is 7.11 Å². The van der Waals surface area contributed by atoms with E-state index in [-0.39, 0.29) is 12.2 Å². The number of aliphatic hydroxyl groups excluding tert-OH is 1. The molecule has 0 aromatic heterocycles. The Morgan fingerprint density at radius 3 is 2.44 bits per heavy atom. The second-order valence-electron chi connectivity index (χ2n) is 3.58. The molecule has 1 N–H and O–H groups in total. The summed E-state index contributed by atoms with van der Waals surface area (Å²) in [4.78, 5) is 0. The van der Waals surface area contributed by atoms with Crippen molar-refractivity contribution in [2.24, 2.45) is 0 Å². The average Bonchev–Trinajstić information content (AvgIpc) is 2.15. The van der Waals surface area contributed by atoms with Crippen molar-refractivity contribution in [3.8, 4) is 5.75 Å². The number of methoxy groups -OCH3 is 1. The summed E-state index contributed by atoms with van der Waals surface area (Å²) in [6.45, 7) is 1.57. The molecule has 0 fully saturated rings. The third-order valence-electron chi connectivity index (χ3n) is 2.13. The van der Waals surface area contributed by atoms with Crippen molar-refractivity contribution >= 4 is 0 Å². The van der Waals surface area contributed by atoms with Crippen LogP contribution in [0.4, 0.5) is 13.2 Å². The molecule has 90 valence electrons. The summed E-state index contributed by atoms with van der Waals surface area (Å²) < 4.78 is 42.1. The van der Waals surface area contributed by atoms with Gasteiger partial charge in [-0.25, -0.2) is 0 Å². The first-order valence-corrected chi connectivity index (χ1v) is 4.76. The minimum Gasteiger partial charge on any atom is -0.496 e. The lowest BCUT2D eigenvalue weighted by molar-refractivity contribution is -0.137. The molecule has 0 spiro atoms. The minimum atomic E-state index is -4.38. The predicted molar refractivity (Wildman–Crippen MR) is 53.4 cm³/mol. The maximum Gasteiger partial charge on any atom is 0.416 e. The van der Waals surface area contributed by atoms with Crippen LogP contribution < -0.4 is 4.74 Å². The van der Waals surface area contributed by atoms with E-state index in [0.29, 0.717) is 5.56 Å². The van der Waals surface area contributed by atoms with Gasteiger partial charge in [0.1, 0.15) is 5.75 Å². The van der Waals surface area contributed by atoms with Crippen molar-refractivity contribution < 1.29 is 23.0 Å². The van der Waals surface area contributed by atoms with E-state index >= 15 is 0 Å². The highest BCUT2D eigenvalue weighted by atomic mass is 19.4. The number of benzene rings is 1. The Balaban J connectivity index is 3.07. The molecule has 1 atom stereocenters. The standard InChI is InChI=1S/C11H13F3O2/c1-7(15)5-8-3-4-9(11(12,13)14)6-10(8)16-2/h3-4,6-7,15H,5H2,1-2H3. The van der Waals surface area contributed by atoms with Crippen LogP contribution in [0.5, 0.6) is 5.75 Å². The number of ether oxygens (including phenoxy) is 1. The molecule has 1 rings (SSSR count). The van der Waals surface area contributed by atoms with E-state index in [1.165, 1.54) is 13.2 Å². The van der Waals surface area contributed by atoms with Crippen LogP contribution in [0, 0.1) is 0 Å². The zero-order valence-electron chi connectivity index (χ0n) is 9.01. The first-order valence-electron chi connectivity index (χ1n) is 4.76. The highest BCUT2D eigenvalue weighted by Gasteiger charge is 2.31. The van der Waals surface area contributed by atoms with Crippen LogP contribution in [-0.4, -0.2) is 18.3 Å². The van der Waals surface area contributed by atoms with Gasteiger partial charge in [0.15, 0.2) is 0 Å². The van der Waals surface area contributed by atoms with E-state index in [0.717, 1.165) is 12.1 Å². The zero-order chi connectivity index (χ0) is 12.3. The molecule has 0 aliphatic heterocycles. The predicted octanol–water partition coefficient (Wildman–Crippen LogP) is 2.64. The lowest BCUT2D eigenvalue weighted by Gasteiger charge is -2.13. The number of rotatable bonds is 3. The number of halogens is 3. The van der Waals surface area contributed by atoms with Crippen molar-refractivity contribution in [3.63, 3.8) is 0 Å². The van der Waals surface area contributed by atoms with E-state index in [2.05, 4.69) is 0 Å². The highest BCUT2D eigenvalue weighted by Crippen LogP contribution is 2.33. The van der Waals surface area contributed by atoms with E-state index in [9.17, 15) is 18.3 Å². The van der Waals surface area contributed by atoms with Gasteiger partial charge in [-0.05, 0) is 24.6 Å². The molecule has 0 bridgehead atoms. The van der Waals surface area contributed by atoms with Crippen molar-refractivity contribution in [1.82, 2.24) is 0 Å². The van der Waals surface area contributed by atoms with Crippen molar-refractivity contribution in [3.05, 3.63) is 29.3 Å². The SMILES string of the molecule is COc1cc(C(F)(F)F)ccc1CC(C)O. The summed E-state index contributed by atoms with van der Waals surface area (Å²) >= 11 is 0. The van der Waals surface area contributed by atoms with Crippen LogP contribution in [-0.2, 0) is 12.6 Å². The molecule has 0 aliphatic carbocycles. The first kappa shape index (κ1) is 12.8. The zero-order valence-corrected chi connectivity index (χ0v) is 9.01. The Labute approximate surface area is 91.7 Å². The summed E-state index contributed by atoms with van der Waals surface area (Å²) in [7, 11) is 1.31. The van der Waals surface area contributed by atoms with Crippen LogP contribution in [0.25, 0.3) is 0 Å². The largest absolute Gasteiger partial charge is 0.496 e. The molecule has 0 heterocycles. The van der Waals surface area contributed by atoms with Gasteiger partial charge in [-0.3, -0.25) is 0 Å². The quantitative estimate of drug-likeness (QED) is 0.871. The Hall–Kier alpha value is -1.23. The second-order valence-corrected chi connectivity index (χ2v) is 3.58. The lowest BCUT2D eigenvalue weighted by atomic mass is 10.0. The Kier molecular flexibility index (Phi) is 3.80. The Morgan fingerprint density at radius 1 is 1.38 bits per heavy atom. The summed E-state index contributed by atoms with van der Waals surface area (Å²) in [5.41, 5.74) is -0.191. The highest BCUT2D eigenvalue weighted by molar-refractivity contribution is 5.39. The molecule has 0 saturated carbocycles. The fourth-order valence-corrected chi connectivity index (χ4v) is 1.41. The van der Waals surface area contributed by atoms with Crippen LogP contribution in [0.3, 0.4) is 0 Å². The number of alkyl halides is 3. The smallest absolute Gasteiger partial charge is 0.416 e. The summed E-state index contributed by atoms with van der Waals surface area (Å²) in [6.07, 6.45) is -4.73. The third-order valence-corrected chi connectivity index (χ3v) is 2.13. The fraction of sp³-hybridized carbons (Fsp3) is 0.455. The summed E-state index contributed by atoms with van der Waals surface area (Å²) in [5.74, 6) is 0.149. The van der Waals surface area contributed by atoms with Crippen LogP contribution >= 0.6 is 0 Å². The van der Waals surface area contributed by atoms with Crippen LogP contribution in [0.2, 0.25) is 0 Å². The van der Waals surface area contributed by atoms with Gasteiger partial charge in [0.2, 0.25) is 0 Å². The molecule has 1 unspecified atom stereocenters. The number of hydrogen-bond donors (Lipinski definition) is 1. The van der Waals surface area contributed by atoms with Gasteiger partial charge in [-0.1, -0.05) is 6.07 Å². The van der Waals surface area contributed by atoms with Gasteiger partial charge in [0, 0.05) is 6.42 Å². The second kappa shape index (κ2) is 4.74. The molecule has 1 aromatic rings. The molecule has 1 aromatic carbocycles. The molecule has 0 amide bonds. The lowest BCUT2D eigenvalue weighted by Crippen LogP contribution is -2.09. The number of hydrogen-bond acceptors (Lipinski definition) is 2. The van der Waals surface area contributed by atoms with Gasteiger partial charge < -0.3 is 9.84 Å². The van der Waals surface area contributed by atoms with Gasteiger partial charge in [-0.2, -0.15) is 13.2 Å². The minimum absolute atomic E-state index is 0.149. The van der Waals surface area contributed by atoms with Crippen LogP contribution in [0.15, 0.2) is 18.2 Å².